The fraction of sp³-hybridized carbons (Fsp3) is 0.143. The van der Waals surface area contributed by atoms with Gasteiger partial charge in [0, 0.05) is 0 Å². The normalized spacial score (nSPS) is 11.3. The number of hydrogen-bond acceptors (Lipinski definition) is 6. The van der Waals surface area contributed by atoms with Gasteiger partial charge in [-0.1, -0.05) is 24.8 Å². The molecule has 156 valence electrons. The van der Waals surface area contributed by atoms with Crippen molar-refractivity contribution in [1.29, 1.82) is 0 Å². The molecule has 0 unspecified atom stereocenters. The Hall–Kier alpha value is -3.59. The summed E-state index contributed by atoms with van der Waals surface area (Å²) in [6.07, 6.45) is 2.41. The van der Waals surface area contributed by atoms with Crippen LogP contribution in [0.3, 0.4) is 0 Å². The first-order chi connectivity index (χ1) is 14.2. The van der Waals surface area contributed by atoms with Gasteiger partial charge in [0.05, 0.1) is 22.3 Å². The molecule has 30 heavy (non-hydrogen) atoms. The molecule has 0 fully saturated rings. The first-order valence-electron chi connectivity index (χ1n) is 8.91. The van der Waals surface area contributed by atoms with Crippen LogP contribution in [0.5, 0.6) is 5.88 Å². The standard InChI is InChI=1S/C21H20N2O6S/c1-4-10-29-20(25)16-6-5-7-18(12-16)30(27,28)23-19(24)13-22(21(23)26)17-9-8-14(2)15(3)11-17/h4-9,11-13,24H,1,10H2,2-3H3. The van der Waals surface area contributed by atoms with Crippen molar-refractivity contribution in [3.63, 3.8) is 0 Å². The molecule has 0 amide bonds. The molecule has 9 heteroatoms. The summed E-state index contributed by atoms with van der Waals surface area (Å²) in [7, 11) is -4.48. The monoisotopic (exact) mass is 428 g/mol. The lowest BCUT2D eigenvalue weighted by Crippen LogP contribution is -2.29. The van der Waals surface area contributed by atoms with E-state index in [1.165, 1.54) is 24.3 Å². The number of aryl methyl sites for hydroxylation is 2. The summed E-state index contributed by atoms with van der Waals surface area (Å²) in [5.74, 6) is -1.49. The number of imidazole rings is 1. The topological polar surface area (TPSA) is 108 Å². The summed E-state index contributed by atoms with van der Waals surface area (Å²) < 4.78 is 32.3. The number of carbonyl (C=O) groups is 1. The van der Waals surface area contributed by atoms with Gasteiger partial charge in [-0.3, -0.25) is 4.57 Å². The third-order valence-electron chi connectivity index (χ3n) is 4.54. The zero-order chi connectivity index (χ0) is 22.1. The maximum atomic E-state index is 13.1. The van der Waals surface area contributed by atoms with E-state index in [9.17, 15) is 23.1 Å². The minimum absolute atomic E-state index is 0.0148. The quantitative estimate of drug-likeness (QED) is 0.478. The molecule has 0 radical (unpaired) electrons. The molecule has 3 rings (SSSR count). The lowest BCUT2D eigenvalue weighted by atomic mass is 10.1. The smallest absolute Gasteiger partial charge is 0.350 e. The number of hydrogen-bond donors (Lipinski definition) is 1. The van der Waals surface area contributed by atoms with E-state index in [0.717, 1.165) is 28.0 Å². The lowest BCUT2D eigenvalue weighted by molar-refractivity contribution is 0.0549. The van der Waals surface area contributed by atoms with Crippen LogP contribution in [0.1, 0.15) is 21.5 Å². The molecule has 8 nitrogen and oxygen atoms in total. The Morgan fingerprint density at radius 3 is 2.57 bits per heavy atom. The van der Waals surface area contributed by atoms with Gasteiger partial charge in [-0.2, -0.15) is 0 Å². The molecule has 0 aliphatic rings. The third kappa shape index (κ3) is 3.79. The van der Waals surface area contributed by atoms with Crippen LogP contribution in [-0.4, -0.2) is 34.6 Å². The molecular formula is C21H20N2O6S. The summed E-state index contributed by atoms with van der Waals surface area (Å²) in [5, 5.41) is 10.2. The zero-order valence-corrected chi connectivity index (χ0v) is 17.2. The van der Waals surface area contributed by atoms with Crippen molar-refractivity contribution in [2.45, 2.75) is 18.7 Å². The summed E-state index contributed by atoms with van der Waals surface area (Å²) in [6, 6.07) is 10.2. The fourth-order valence-electron chi connectivity index (χ4n) is 2.81. The van der Waals surface area contributed by atoms with Gasteiger partial charge in [0.15, 0.2) is 0 Å². The molecule has 1 aromatic heterocycles. The molecule has 0 aliphatic carbocycles. The highest BCUT2D eigenvalue weighted by molar-refractivity contribution is 7.90. The second-order valence-corrected chi connectivity index (χ2v) is 8.38. The highest BCUT2D eigenvalue weighted by Gasteiger charge is 2.26. The van der Waals surface area contributed by atoms with Crippen LogP contribution in [-0.2, 0) is 14.8 Å². The fourth-order valence-corrected chi connectivity index (χ4v) is 4.14. The molecule has 1 heterocycles. The first kappa shape index (κ1) is 21.1. The first-order valence-corrected chi connectivity index (χ1v) is 10.4. The summed E-state index contributed by atoms with van der Waals surface area (Å²) >= 11 is 0. The highest BCUT2D eigenvalue weighted by Crippen LogP contribution is 2.21. The molecule has 0 aliphatic heterocycles. The van der Waals surface area contributed by atoms with Crippen LogP contribution < -0.4 is 5.69 Å². The number of aromatic nitrogens is 2. The van der Waals surface area contributed by atoms with Gasteiger partial charge < -0.3 is 9.84 Å². The molecule has 0 spiro atoms. The number of aromatic hydroxyl groups is 1. The molecular weight excluding hydrogens is 408 g/mol. The van der Waals surface area contributed by atoms with Crippen molar-refractivity contribution in [1.82, 2.24) is 8.54 Å². The largest absolute Gasteiger partial charge is 0.493 e. The Bertz CT molecular complexity index is 1300. The molecule has 0 saturated heterocycles. The number of carbonyl (C=O) groups excluding carboxylic acids is 1. The molecule has 0 atom stereocenters. The van der Waals surface area contributed by atoms with E-state index >= 15 is 0 Å². The number of ether oxygens (including phenoxy) is 1. The van der Waals surface area contributed by atoms with Gasteiger partial charge in [0.25, 0.3) is 10.0 Å². The van der Waals surface area contributed by atoms with E-state index in [0.29, 0.717) is 5.69 Å². The van der Waals surface area contributed by atoms with Crippen molar-refractivity contribution in [2.75, 3.05) is 6.61 Å². The molecule has 3 aromatic rings. The number of esters is 1. The maximum absolute atomic E-state index is 13.1. The van der Waals surface area contributed by atoms with E-state index < -0.39 is 27.6 Å². The van der Waals surface area contributed by atoms with Crippen molar-refractivity contribution >= 4 is 16.0 Å². The van der Waals surface area contributed by atoms with Gasteiger partial charge in [-0.25, -0.2) is 18.0 Å². The predicted molar refractivity (Wildman–Crippen MR) is 111 cm³/mol. The Labute approximate surface area is 173 Å². The number of rotatable bonds is 6. The number of benzene rings is 2. The molecule has 2 aromatic carbocycles. The van der Waals surface area contributed by atoms with E-state index in [4.69, 9.17) is 4.74 Å². The highest BCUT2D eigenvalue weighted by atomic mass is 32.2. The molecule has 1 N–H and O–H groups in total. The van der Waals surface area contributed by atoms with Gasteiger partial charge in [-0.15, -0.1) is 3.97 Å². The summed E-state index contributed by atoms with van der Waals surface area (Å²) in [5.41, 5.74) is 1.34. The maximum Gasteiger partial charge on any atom is 0.350 e. The average Bonchev–Trinajstić information content (AvgIpc) is 3.03. The second kappa shape index (κ2) is 8.03. The second-order valence-electron chi connectivity index (χ2n) is 6.59. The van der Waals surface area contributed by atoms with Gasteiger partial charge in [0.2, 0.25) is 5.88 Å². The van der Waals surface area contributed by atoms with Crippen molar-refractivity contribution in [3.05, 3.63) is 88.5 Å². The van der Waals surface area contributed by atoms with E-state index in [2.05, 4.69) is 6.58 Å². The lowest BCUT2D eigenvalue weighted by Gasteiger charge is -2.08. The Balaban J connectivity index is 2.09. The Kier molecular flexibility index (Phi) is 5.66. The van der Waals surface area contributed by atoms with Gasteiger partial charge in [-0.05, 0) is 55.3 Å². The van der Waals surface area contributed by atoms with Gasteiger partial charge >= 0.3 is 11.7 Å². The predicted octanol–water partition coefficient (Wildman–Crippen LogP) is 2.54. The molecule has 0 saturated carbocycles. The van der Waals surface area contributed by atoms with Crippen LogP contribution in [0, 0.1) is 13.8 Å². The summed E-state index contributed by atoms with van der Waals surface area (Å²) in [4.78, 5) is 24.5. The van der Waals surface area contributed by atoms with Crippen LogP contribution >= 0.6 is 0 Å². The Morgan fingerprint density at radius 2 is 1.90 bits per heavy atom. The van der Waals surface area contributed by atoms with Crippen LogP contribution in [0.2, 0.25) is 0 Å². The SMILES string of the molecule is C=CCOC(=O)c1cccc(S(=O)(=O)n2c(O)cn(-c3ccc(C)c(C)c3)c2=O)c1. The van der Waals surface area contributed by atoms with Crippen LogP contribution in [0.25, 0.3) is 5.69 Å². The van der Waals surface area contributed by atoms with E-state index in [1.807, 2.05) is 13.8 Å². The number of nitrogens with zero attached hydrogens (tertiary/aromatic N) is 2. The van der Waals surface area contributed by atoms with Crippen molar-refractivity contribution in [3.8, 4) is 11.6 Å². The van der Waals surface area contributed by atoms with E-state index in [-0.39, 0.29) is 21.0 Å². The minimum atomic E-state index is -4.48. The van der Waals surface area contributed by atoms with Crippen LogP contribution in [0.15, 0.2) is 71.0 Å². The van der Waals surface area contributed by atoms with E-state index in [1.54, 1.807) is 18.2 Å². The third-order valence-corrected chi connectivity index (χ3v) is 6.21. The minimum Gasteiger partial charge on any atom is -0.493 e. The average molecular weight is 428 g/mol. The summed E-state index contributed by atoms with van der Waals surface area (Å²) in [6.45, 7) is 7.17. The van der Waals surface area contributed by atoms with Crippen LogP contribution in [0.4, 0.5) is 0 Å². The van der Waals surface area contributed by atoms with Crippen molar-refractivity contribution in [2.24, 2.45) is 0 Å². The van der Waals surface area contributed by atoms with Crippen molar-refractivity contribution < 1.29 is 23.1 Å². The molecule has 0 bridgehead atoms. The Morgan fingerprint density at radius 1 is 1.17 bits per heavy atom. The zero-order valence-electron chi connectivity index (χ0n) is 16.4. The van der Waals surface area contributed by atoms with Gasteiger partial charge in [0.1, 0.15) is 6.61 Å².